The lowest BCUT2D eigenvalue weighted by Gasteiger charge is -2.34. The Bertz CT molecular complexity index is 555. The zero-order valence-electron chi connectivity index (χ0n) is 14.1. The molecule has 0 heterocycles. The highest BCUT2D eigenvalue weighted by molar-refractivity contribution is 5.99. The molecule has 128 valence electrons. The van der Waals surface area contributed by atoms with E-state index in [-0.39, 0.29) is 28.8 Å². The molecule has 1 atom stereocenters. The highest BCUT2D eigenvalue weighted by atomic mass is 16.8. The van der Waals surface area contributed by atoms with Crippen LogP contribution in [0.4, 0.5) is 5.69 Å². The zero-order chi connectivity index (χ0) is 17.8. The number of hydrogen-bond acceptors (Lipinski definition) is 5. The molecule has 1 aromatic rings. The van der Waals surface area contributed by atoms with Crippen molar-refractivity contribution in [2.75, 3.05) is 5.23 Å². The summed E-state index contributed by atoms with van der Waals surface area (Å²) in [4.78, 5) is 24.8. The summed E-state index contributed by atoms with van der Waals surface area (Å²) in [5.74, 6) is -0.811. The van der Waals surface area contributed by atoms with Gasteiger partial charge in [-0.05, 0) is 51.0 Å². The number of anilines is 1. The first-order valence-corrected chi connectivity index (χ1v) is 7.47. The van der Waals surface area contributed by atoms with E-state index in [1.807, 2.05) is 27.7 Å². The molecule has 0 radical (unpaired) electrons. The molecular weight excluding hydrogens is 298 g/mol. The smallest absolute Gasteiger partial charge is 0.252 e. The van der Waals surface area contributed by atoms with E-state index in [9.17, 15) is 14.8 Å². The molecule has 1 aromatic carbocycles. The number of nitrogens with zero attached hydrogens (tertiary/aromatic N) is 1. The van der Waals surface area contributed by atoms with Crippen molar-refractivity contribution in [1.29, 1.82) is 0 Å². The molecule has 0 aliphatic heterocycles. The molecule has 3 N–H and O–H groups in total. The second kappa shape index (κ2) is 7.43. The van der Waals surface area contributed by atoms with Crippen LogP contribution in [0, 0.1) is 11.1 Å². The number of benzene rings is 1. The number of carbonyl (C=O) groups excluding carboxylic acids is 2. The molecule has 0 unspecified atom stereocenters. The van der Waals surface area contributed by atoms with Gasteiger partial charge in [0.05, 0.1) is 5.69 Å². The van der Waals surface area contributed by atoms with E-state index >= 15 is 0 Å². The molecule has 0 aromatic heterocycles. The number of hydrogen-bond donors (Lipinski definition) is 3. The molecule has 7 heteroatoms. The third-order valence-corrected chi connectivity index (χ3v) is 3.77. The van der Waals surface area contributed by atoms with Crippen molar-refractivity contribution < 1.29 is 14.8 Å². The van der Waals surface area contributed by atoms with Crippen LogP contribution in [0.2, 0.25) is 0 Å². The van der Waals surface area contributed by atoms with Gasteiger partial charge in [0, 0.05) is 11.6 Å². The molecule has 1 rings (SSSR count). The Morgan fingerprint density at radius 2 is 1.70 bits per heavy atom. The Balaban J connectivity index is 2.95. The summed E-state index contributed by atoms with van der Waals surface area (Å²) in [6.45, 7) is 9.08. The molecular formula is C16H24N3O4-. The topological polar surface area (TPSA) is 105 Å². The molecule has 0 spiro atoms. The van der Waals surface area contributed by atoms with Crippen LogP contribution in [-0.2, 0) is 4.79 Å². The SMILES string of the molecule is CC(C)NC(=O)[C@@](C)(NC(=O)c1ccc(N([O-])O)cc1)C(C)C. The van der Waals surface area contributed by atoms with Crippen molar-refractivity contribution >= 4 is 17.5 Å². The Morgan fingerprint density at radius 1 is 1.17 bits per heavy atom. The Morgan fingerprint density at radius 3 is 2.09 bits per heavy atom. The minimum Gasteiger partial charge on any atom is -0.733 e. The lowest BCUT2D eigenvalue weighted by Crippen LogP contribution is -2.60. The Labute approximate surface area is 136 Å². The van der Waals surface area contributed by atoms with E-state index in [1.165, 1.54) is 24.3 Å². The number of carbonyl (C=O) groups is 2. The van der Waals surface area contributed by atoms with E-state index in [0.717, 1.165) is 0 Å². The molecule has 0 fully saturated rings. The van der Waals surface area contributed by atoms with Crippen molar-refractivity contribution in [1.82, 2.24) is 10.6 Å². The van der Waals surface area contributed by atoms with Gasteiger partial charge < -0.3 is 21.1 Å². The van der Waals surface area contributed by atoms with Gasteiger partial charge in [-0.2, -0.15) is 0 Å². The van der Waals surface area contributed by atoms with Crippen molar-refractivity contribution in [2.45, 2.75) is 46.2 Å². The summed E-state index contributed by atoms with van der Waals surface area (Å²) in [5, 5.41) is 24.8. The Kier molecular flexibility index (Phi) is 6.12. The quantitative estimate of drug-likeness (QED) is 0.695. The first kappa shape index (κ1) is 18.9. The first-order chi connectivity index (χ1) is 10.6. The zero-order valence-corrected chi connectivity index (χ0v) is 14.1. The first-order valence-electron chi connectivity index (χ1n) is 7.47. The largest absolute Gasteiger partial charge is 0.733 e. The Hall–Kier alpha value is -2.12. The molecule has 0 bridgehead atoms. The fourth-order valence-electron chi connectivity index (χ4n) is 1.92. The average molecular weight is 322 g/mol. The highest BCUT2D eigenvalue weighted by Crippen LogP contribution is 2.19. The predicted molar refractivity (Wildman–Crippen MR) is 88.1 cm³/mol. The van der Waals surface area contributed by atoms with Crippen LogP contribution < -0.4 is 15.9 Å². The number of amides is 2. The van der Waals surface area contributed by atoms with Crippen molar-refractivity contribution in [2.24, 2.45) is 5.92 Å². The minimum absolute atomic E-state index is 0.0192. The van der Waals surface area contributed by atoms with E-state index in [2.05, 4.69) is 10.6 Å². The summed E-state index contributed by atoms with van der Waals surface area (Å²) in [6, 6.07) is 5.43. The summed E-state index contributed by atoms with van der Waals surface area (Å²) < 4.78 is 0. The van der Waals surface area contributed by atoms with Gasteiger partial charge in [0.1, 0.15) is 5.54 Å². The van der Waals surface area contributed by atoms with Crippen LogP contribution in [0.3, 0.4) is 0 Å². The van der Waals surface area contributed by atoms with Crippen molar-refractivity contribution in [3.63, 3.8) is 0 Å². The maximum absolute atomic E-state index is 12.4. The van der Waals surface area contributed by atoms with Crippen molar-refractivity contribution in [3.05, 3.63) is 35.0 Å². The molecule has 0 saturated carbocycles. The predicted octanol–water partition coefficient (Wildman–Crippen LogP) is 2.05. The molecule has 23 heavy (non-hydrogen) atoms. The van der Waals surface area contributed by atoms with Gasteiger partial charge in [0.15, 0.2) is 0 Å². The molecule has 0 aliphatic carbocycles. The van der Waals surface area contributed by atoms with E-state index in [4.69, 9.17) is 5.21 Å². The van der Waals surface area contributed by atoms with Gasteiger partial charge in [-0.15, -0.1) is 0 Å². The van der Waals surface area contributed by atoms with E-state index in [0.29, 0.717) is 5.56 Å². The second-order valence-electron chi connectivity index (χ2n) is 6.26. The minimum atomic E-state index is -1.07. The van der Waals surface area contributed by atoms with Crippen molar-refractivity contribution in [3.8, 4) is 0 Å². The standard InChI is InChI=1S/C16H24N3O4/c1-10(2)16(5,15(21)17-11(3)4)18-14(20)12-6-8-13(9-7-12)19(22)23/h6-11,22H,1-5H3,(H,17,21)(H,18,20)/q-1/t16-/m0/s1. The molecule has 2 amide bonds. The van der Waals surface area contributed by atoms with E-state index < -0.39 is 11.4 Å². The fourth-order valence-corrected chi connectivity index (χ4v) is 1.92. The normalized spacial score (nSPS) is 13.6. The van der Waals surface area contributed by atoms with Gasteiger partial charge in [0.25, 0.3) is 5.91 Å². The van der Waals surface area contributed by atoms with Crippen LogP contribution in [0.1, 0.15) is 45.0 Å². The lowest BCUT2D eigenvalue weighted by molar-refractivity contribution is -0.128. The average Bonchev–Trinajstić information content (AvgIpc) is 2.46. The van der Waals surface area contributed by atoms with Gasteiger partial charge >= 0.3 is 0 Å². The van der Waals surface area contributed by atoms with Gasteiger partial charge in [-0.1, -0.05) is 13.8 Å². The van der Waals surface area contributed by atoms with Crippen LogP contribution in [0.25, 0.3) is 0 Å². The summed E-state index contributed by atoms with van der Waals surface area (Å²) in [7, 11) is 0. The summed E-state index contributed by atoms with van der Waals surface area (Å²) in [6.07, 6.45) is 0. The van der Waals surface area contributed by atoms with Crippen LogP contribution in [0.5, 0.6) is 0 Å². The highest BCUT2D eigenvalue weighted by Gasteiger charge is 2.38. The number of nitrogens with one attached hydrogen (secondary N) is 2. The van der Waals surface area contributed by atoms with E-state index in [1.54, 1.807) is 6.92 Å². The van der Waals surface area contributed by atoms with Crippen LogP contribution >= 0.6 is 0 Å². The number of rotatable bonds is 6. The lowest BCUT2D eigenvalue weighted by atomic mass is 9.86. The molecule has 7 nitrogen and oxygen atoms in total. The monoisotopic (exact) mass is 322 g/mol. The maximum Gasteiger partial charge on any atom is 0.252 e. The molecule has 0 saturated heterocycles. The maximum atomic E-state index is 12.4. The summed E-state index contributed by atoms with van der Waals surface area (Å²) in [5.41, 5.74) is -0.757. The van der Waals surface area contributed by atoms with Crippen LogP contribution in [0.15, 0.2) is 24.3 Å². The molecule has 0 aliphatic rings. The third kappa shape index (κ3) is 4.67. The van der Waals surface area contributed by atoms with Gasteiger partial charge in [0.2, 0.25) is 5.91 Å². The van der Waals surface area contributed by atoms with Gasteiger partial charge in [-0.3, -0.25) is 14.8 Å². The summed E-state index contributed by atoms with van der Waals surface area (Å²) >= 11 is 0. The third-order valence-electron chi connectivity index (χ3n) is 3.77. The second-order valence-corrected chi connectivity index (χ2v) is 6.26. The fraction of sp³-hybridized carbons (Fsp3) is 0.500. The van der Waals surface area contributed by atoms with Crippen LogP contribution in [-0.4, -0.2) is 28.6 Å². The van der Waals surface area contributed by atoms with Gasteiger partial charge in [-0.25, -0.2) is 0 Å².